The van der Waals surface area contributed by atoms with E-state index in [9.17, 15) is 9.18 Å². The van der Waals surface area contributed by atoms with Gasteiger partial charge in [0.1, 0.15) is 5.82 Å². The Morgan fingerprint density at radius 3 is 1.86 bits per heavy atom. The predicted molar refractivity (Wildman–Crippen MR) is 82.5 cm³/mol. The normalized spacial score (nSPS) is 10.8. The van der Waals surface area contributed by atoms with E-state index in [1.54, 1.807) is 0 Å². The third-order valence-corrected chi connectivity index (χ3v) is 4.48. The number of aromatic carboxylic acids is 1. The zero-order valence-electron chi connectivity index (χ0n) is 13.0. The summed E-state index contributed by atoms with van der Waals surface area (Å²) in [5.41, 5.74) is 6.69. The van der Waals surface area contributed by atoms with Crippen molar-refractivity contribution in [1.82, 2.24) is 0 Å². The number of hydrogen-bond acceptors (Lipinski definition) is 1. The number of hydrogen-bond donors (Lipinski definition) is 1. The Hall–Kier alpha value is -2.16. The van der Waals surface area contributed by atoms with E-state index >= 15 is 0 Å². The zero-order chi connectivity index (χ0) is 15.9. The van der Waals surface area contributed by atoms with Crippen LogP contribution >= 0.6 is 0 Å². The molecule has 2 aromatic rings. The molecule has 0 aliphatic carbocycles. The summed E-state index contributed by atoms with van der Waals surface area (Å²) >= 11 is 0. The summed E-state index contributed by atoms with van der Waals surface area (Å²) in [5.74, 6) is -1.44. The van der Waals surface area contributed by atoms with Gasteiger partial charge in [-0.1, -0.05) is 0 Å². The highest BCUT2D eigenvalue weighted by atomic mass is 19.1. The van der Waals surface area contributed by atoms with Gasteiger partial charge in [0.15, 0.2) is 0 Å². The van der Waals surface area contributed by atoms with Crippen LogP contribution in [0.15, 0.2) is 18.2 Å². The molecular weight excluding hydrogens is 267 g/mol. The van der Waals surface area contributed by atoms with E-state index in [1.165, 1.54) is 23.8 Å². The second-order valence-corrected chi connectivity index (χ2v) is 5.50. The lowest BCUT2D eigenvalue weighted by Crippen LogP contribution is -2.03. The van der Waals surface area contributed by atoms with Gasteiger partial charge >= 0.3 is 5.97 Å². The average Bonchev–Trinajstić information content (AvgIpc) is 2.45. The second kappa shape index (κ2) is 5.32. The van der Waals surface area contributed by atoms with Crippen molar-refractivity contribution in [2.45, 2.75) is 34.6 Å². The Bertz CT molecular complexity index is 716. The van der Waals surface area contributed by atoms with E-state index in [4.69, 9.17) is 5.11 Å². The van der Waals surface area contributed by atoms with Crippen LogP contribution in [0.5, 0.6) is 0 Å². The first-order valence-electron chi connectivity index (χ1n) is 6.85. The van der Waals surface area contributed by atoms with Gasteiger partial charge in [0.2, 0.25) is 0 Å². The lowest BCUT2D eigenvalue weighted by atomic mass is 9.86. The molecule has 0 radical (unpaired) electrons. The fraction of sp³-hybridized carbons (Fsp3) is 0.278. The second-order valence-electron chi connectivity index (χ2n) is 5.50. The highest BCUT2D eigenvalue weighted by Gasteiger charge is 2.18. The first-order chi connectivity index (χ1) is 9.75. The van der Waals surface area contributed by atoms with Gasteiger partial charge in [0.05, 0.1) is 5.56 Å². The van der Waals surface area contributed by atoms with Crippen molar-refractivity contribution >= 4 is 5.97 Å². The molecule has 0 amide bonds. The fourth-order valence-corrected chi connectivity index (χ4v) is 2.75. The third kappa shape index (κ3) is 2.44. The van der Waals surface area contributed by atoms with Crippen molar-refractivity contribution < 1.29 is 14.3 Å². The number of benzene rings is 2. The average molecular weight is 286 g/mol. The molecule has 0 aromatic heterocycles. The van der Waals surface area contributed by atoms with Gasteiger partial charge in [-0.2, -0.15) is 0 Å². The molecule has 110 valence electrons. The van der Waals surface area contributed by atoms with E-state index in [-0.39, 0.29) is 5.56 Å². The van der Waals surface area contributed by atoms with Crippen LogP contribution in [-0.2, 0) is 0 Å². The van der Waals surface area contributed by atoms with Crippen molar-refractivity contribution in [2.75, 3.05) is 0 Å². The summed E-state index contributed by atoms with van der Waals surface area (Å²) in [6.45, 7) is 9.99. The molecular formula is C18H19FO2. The van der Waals surface area contributed by atoms with Gasteiger partial charge in [-0.15, -0.1) is 0 Å². The Labute approximate surface area is 124 Å². The Morgan fingerprint density at radius 1 is 0.905 bits per heavy atom. The molecule has 2 nitrogen and oxygen atoms in total. The monoisotopic (exact) mass is 286 g/mol. The summed E-state index contributed by atoms with van der Waals surface area (Å²) in [5, 5.41) is 9.12. The summed E-state index contributed by atoms with van der Waals surface area (Å²) < 4.78 is 14.2. The Morgan fingerprint density at radius 2 is 1.38 bits per heavy atom. The van der Waals surface area contributed by atoms with Gasteiger partial charge in [0.25, 0.3) is 0 Å². The topological polar surface area (TPSA) is 37.3 Å². The molecule has 21 heavy (non-hydrogen) atoms. The summed E-state index contributed by atoms with van der Waals surface area (Å²) in [6, 6.07) is 3.93. The van der Waals surface area contributed by atoms with Crippen molar-refractivity contribution in [3.8, 4) is 11.1 Å². The molecule has 2 aromatic carbocycles. The van der Waals surface area contributed by atoms with Gasteiger partial charge in [0, 0.05) is 5.56 Å². The van der Waals surface area contributed by atoms with Crippen LogP contribution in [0.4, 0.5) is 4.39 Å². The lowest BCUT2D eigenvalue weighted by molar-refractivity contribution is 0.0697. The minimum absolute atomic E-state index is 0.0982. The minimum atomic E-state index is -1.05. The van der Waals surface area contributed by atoms with E-state index in [1.807, 2.05) is 27.7 Å². The lowest BCUT2D eigenvalue weighted by Gasteiger charge is -2.19. The van der Waals surface area contributed by atoms with Gasteiger partial charge in [-0.25, -0.2) is 9.18 Å². The predicted octanol–water partition coefficient (Wildman–Crippen LogP) is 4.73. The maximum Gasteiger partial charge on any atom is 0.335 e. The van der Waals surface area contributed by atoms with Crippen LogP contribution in [0.2, 0.25) is 0 Å². The highest BCUT2D eigenvalue weighted by molar-refractivity contribution is 5.90. The van der Waals surface area contributed by atoms with Crippen LogP contribution in [0, 0.1) is 40.4 Å². The largest absolute Gasteiger partial charge is 0.478 e. The highest BCUT2D eigenvalue weighted by Crippen LogP contribution is 2.35. The summed E-state index contributed by atoms with van der Waals surface area (Å²) in [6.07, 6.45) is 0. The van der Waals surface area contributed by atoms with E-state index < -0.39 is 11.8 Å². The number of carbonyl (C=O) groups is 1. The maximum atomic E-state index is 14.2. The van der Waals surface area contributed by atoms with Crippen molar-refractivity contribution in [2.24, 2.45) is 0 Å². The molecule has 0 bridgehead atoms. The molecule has 1 N–H and O–H groups in total. The molecule has 2 rings (SSSR count). The van der Waals surface area contributed by atoms with Crippen LogP contribution in [-0.4, -0.2) is 11.1 Å². The maximum absolute atomic E-state index is 14.2. The molecule has 0 unspecified atom stereocenters. The van der Waals surface area contributed by atoms with Gasteiger partial charge in [-0.3, -0.25) is 0 Å². The fourth-order valence-electron chi connectivity index (χ4n) is 2.75. The molecule has 0 fully saturated rings. The van der Waals surface area contributed by atoms with Crippen LogP contribution in [0.25, 0.3) is 11.1 Å². The SMILES string of the molecule is Cc1c(C)c(C)c(-c2cc(C(=O)O)ccc2F)c(C)c1C. The quantitative estimate of drug-likeness (QED) is 0.866. The first kappa shape index (κ1) is 15.2. The number of rotatable bonds is 2. The van der Waals surface area contributed by atoms with Crippen molar-refractivity contribution in [3.05, 3.63) is 57.4 Å². The molecule has 0 saturated carbocycles. The molecule has 0 atom stereocenters. The van der Waals surface area contributed by atoms with E-state index in [2.05, 4.69) is 6.92 Å². The molecule has 0 spiro atoms. The first-order valence-corrected chi connectivity index (χ1v) is 6.85. The molecule has 0 aliphatic heterocycles. The van der Waals surface area contributed by atoms with Gasteiger partial charge < -0.3 is 5.11 Å². The summed E-state index contributed by atoms with van der Waals surface area (Å²) in [4.78, 5) is 11.1. The molecule has 0 heterocycles. The van der Waals surface area contributed by atoms with Crippen molar-refractivity contribution in [3.63, 3.8) is 0 Å². The van der Waals surface area contributed by atoms with E-state index in [0.29, 0.717) is 5.56 Å². The minimum Gasteiger partial charge on any atom is -0.478 e. The number of carboxylic acid groups (broad SMARTS) is 1. The molecule has 0 aliphatic rings. The standard InChI is InChI=1S/C18H19FO2/c1-9-10(2)12(4)17(13(5)11(9)3)15-8-14(18(20)21)6-7-16(15)19/h6-8H,1-5H3,(H,20,21). The zero-order valence-corrected chi connectivity index (χ0v) is 13.0. The van der Waals surface area contributed by atoms with Crippen LogP contribution in [0.1, 0.15) is 38.2 Å². The smallest absolute Gasteiger partial charge is 0.335 e. The van der Waals surface area contributed by atoms with Crippen molar-refractivity contribution in [1.29, 1.82) is 0 Å². The Kier molecular flexibility index (Phi) is 3.86. The van der Waals surface area contributed by atoms with Gasteiger partial charge in [-0.05, 0) is 86.2 Å². The molecule has 3 heteroatoms. The summed E-state index contributed by atoms with van der Waals surface area (Å²) in [7, 11) is 0. The van der Waals surface area contributed by atoms with Crippen LogP contribution in [0.3, 0.4) is 0 Å². The molecule has 0 saturated heterocycles. The third-order valence-electron chi connectivity index (χ3n) is 4.48. The number of halogens is 1. The number of carboxylic acids is 1. The van der Waals surface area contributed by atoms with Crippen LogP contribution < -0.4 is 0 Å². The van der Waals surface area contributed by atoms with E-state index in [0.717, 1.165) is 27.8 Å². The Balaban J connectivity index is 2.85.